The summed E-state index contributed by atoms with van der Waals surface area (Å²) in [6, 6.07) is 15.5. The highest BCUT2D eigenvalue weighted by atomic mass is 16.9. The van der Waals surface area contributed by atoms with Crippen molar-refractivity contribution in [2.75, 3.05) is 13.2 Å². The van der Waals surface area contributed by atoms with Crippen LogP contribution in [0.1, 0.15) is 80.4 Å². The SMILES string of the molecule is CCCc1nc(C(C)(C)O)c(C)n1Cc1ccc(-c2ccccc2/C(N)=N/N(N)C(C)OC(=O)OCCCO[N+](=O)[O-])cc1.Cc1oc(=O)oc1COC=O. The van der Waals surface area contributed by atoms with Crippen LogP contribution in [-0.2, 0) is 49.0 Å². The van der Waals surface area contributed by atoms with Crippen LogP contribution < -0.4 is 17.4 Å². The predicted octanol–water partition coefficient (Wildman–Crippen LogP) is 4.19. The molecule has 1 unspecified atom stereocenters. The molecule has 2 aromatic heterocycles. The quantitative estimate of drug-likeness (QED) is 0.0147. The molecule has 5 N–H and O–H groups in total. The smallest absolute Gasteiger partial charge is 0.460 e. The van der Waals surface area contributed by atoms with E-state index in [0.717, 1.165) is 46.2 Å². The maximum Gasteiger partial charge on any atom is 0.519 e. The van der Waals surface area contributed by atoms with Gasteiger partial charge in [0.1, 0.15) is 11.4 Å². The predicted molar refractivity (Wildman–Crippen MR) is 196 cm³/mol. The standard InChI is InChI=1S/C30H41N7O7.C6H6O5/c1-6-10-26-33-27(30(4,5)39)20(2)35(26)19-22-13-15-23(16-14-22)24-11-7-8-12-25(24)28(31)34-36(32)21(3)44-29(38)42-17-9-18-43-37(40)41;1-4-5(2-9-3-7)11-6(8)10-4/h7-8,11-16,21,39H,6,9-10,17-19,32H2,1-5H3,(H2,31,34);3H,2H2,1H3. The van der Waals surface area contributed by atoms with Crippen LogP contribution in [0.15, 0.2) is 67.3 Å². The van der Waals surface area contributed by atoms with Gasteiger partial charge in [-0.1, -0.05) is 55.5 Å². The number of amidine groups is 1. The highest BCUT2D eigenvalue weighted by Crippen LogP contribution is 2.27. The van der Waals surface area contributed by atoms with Crippen molar-refractivity contribution in [2.24, 2.45) is 16.7 Å². The molecule has 0 aliphatic rings. The second kappa shape index (κ2) is 20.3. The van der Waals surface area contributed by atoms with E-state index in [1.165, 1.54) is 6.92 Å². The third kappa shape index (κ3) is 13.0. The lowest BCUT2D eigenvalue weighted by molar-refractivity contribution is -0.757. The van der Waals surface area contributed by atoms with Crippen molar-refractivity contribution >= 4 is 18.5 Å². The van der Waals surface area contributed by atoms with E-state index in [0.29, 0.717) is 23.6 Å². The fourth-order valence-electron chi connectivity index (χ4n) is 5.18. The number of aliphatic hydroxyl groups is 1. The van der Waals surface area contributed by atoms with Gasteiger partial charge in [-0.2, -0.15) is 5.12 Å². The molecule has 0 amide bonds. The first-order chi connectivity index (χ1) is 26.0. The van der Waals surface area contributed by atoms with Crippen molar-refractivity contribution < 1.29 is 47.7 Å². The Morgan fingerprint density at radius 3 is 2.45 bits per heavy atom. The summed E-state index contributed by atoms with van der Waals surface area (Å²) in [5, 5.41) is 24.9. The number of hydrazine groups is 1. The Bertz CT molecular complexity index is 1960. The Hall–Kier alpha value is -6.21. The second-order valence-corrected chi connectivity index (χ2v) is 12.5. The van der Waals surface area contributed by atoms with Gasteiger partial charge in [-0.3, -0.25) is 4.79 Å². The molecule has 0 radical (unpaired) electrons. The minimum atomic E-state index is -1.03. The fraction of sp³-hybridized carbons (Fsp3) is 0.417. The molecule has 2 aromatic carbocycles. The van der Waals surface area contributed by atoms with E-state index in [-0.39, 0.29) is 44.3 Å². The number of hydrogen-bond donors (Lipinski definition) is 3. The largest absolute Gasteiger partial charge is 0.519 e. The summed E-state index contributed by atoms with van der Waals surface area (Å²) >= 11 is 0. The van der Waals surface area contributed by atoms with Crippen LogP contribution >= 0.6 is 0 Å². The zero-order valence-electron chi connectivity index (χ0n) is 31.6. The van der Waals surface area contributed by atoms with Crippen LogP contribution in [0, 0.1) is 24.0 Å². The van der Waals surface area contributed by atoms with Crippen LogP contribution in [0.3, 0.4) is 0 Å². The second-order valence-electron chi connectivity index (χ2n) is 12.5. The third-order valence-corrected chi connectivity index (χ3v) is 7.85. The summed E-state index contributed by atoms with van der Waals surface area (Å²) in [4.78, 5) is 51.1. The van der Waals surface area contributed by atoms with Crippen LogP contribution in [0.25, 0.3) is 11.1 Å². The number of hydrazone groups is 1. The maximum atomic E-state index is 11.9. The number of rotatable bonds is 18. The van der Waals surface area contributed by atoms with Crippen molar-refractivity contribution in [3.63, 3.8) is 0 Å². The molecule has 19 heteroatoms. The molecule has 0 fully saturated rings. The van der Waals surface area contributed by atoms with Crippen molar-refractivity contribution in [1.29, 1.82) is 0 Å². The van der Waals surface area contributed by atoms with E-state index in [1.807, 2.05) is 55.5 Å². The van der Waals surface area contributed by atoms with Crippen LogP contribution in [0.4, 0.5) is 4.79 Å². The van der Waals surface area contributed by atoms with Crippen molar-refractivity contribution in [3.05, 3.63) is 109 Å². The molecule has 0 bridgehead atoms. The van der Waals surface area contributed by atoms with Crippen molar-refractivity contribution in [1.82, 2.24) is 14.7 Å². The monoisotopic (exact) mass is 769 g/mol. The summed E-state index contributed by atoms with van der Waals surface area (Å²) in [5.41, 5.74) is 10.4. The van der Waals surface area contributed by atoms with Crippen LogP contribution in [0.5, 0.6) is 0 Å². The first-order valence-corrected chi connectivity index (χ1v) is 17.2. The van der Waals surface area contributed by atoms with Gasteiger partial charge in [0.15, 0.2) is 24.0 Å². The molecule has 1 atom stereocenters. The Balaban J connectivity index is 0.000000632. The lowest BCUT2D eigenvalue weighted by Gasteiger charge is -2.21. The lowest BCUT2D eigenvalue weighted by Crippen LogP contribution is -2.40. The Kier molecular flexibility index (Phi) is 15.9. The fourth-order valence-corrected chi connectivity index (χ4v) is 5.18. The third-order valence-electron chi connectivity index (χ3n) is 7.85. The average Bonchev–Trinajstić information content (AvgIpc) is 3.63. The topological polar surface area (TPSA) is 263 Å². The molecule has 0 aliphatic carbocycles. The summed E-state index contributed by atoms with van der Waals surface area (Å²) in [7, 11) is 0. The Morgan fingerprint density at radius 1 is 1.16 bits per heavy atom. The van der Waals surface area contributed by atoms with Crippen molar-refractivity contribution in [2.45, 2.75) is 85.8 Å². The summed E-state index contributed by atoms with van der Waals surface area (Å²) in [6.45, 7) is 11.1. The zero-order valence-corrected chi connectivity index (χ0v) is 31.6. The number of carbonyl (C=O) groups excluding carboxylic acids is 2. The number of nitrogens with two attached hydrogens (primary N) is 2. The Labute approximate surface area is 316 Å². The maximum absolute atomic E-state index is 11.9. The van der Waals surface area contributed by atoms with E-state index in [1.54, 1.807) is 20.8 Å². The number of imidazole rings is 1. The number of aromatic nitrogens is 2. The molecule has 0 aliphatic heterocycles. The average molecular weight is 770 g/mol. The molecule has 2 heterocycles. The van der Waals surface area contributed by atoms with Gasteiger partial charge in [0.05, 0.1) is 18.9 Å². The molecular weight excluding hydrogens is 722 g/mol. The molecule has 298 valence electrons. The molecule has 0 saturated carbocycles. The van der Waals surface area contributed by atoms with E-state index in [4.69, 9.17) is 26.0 Å². The highest BCUT2D eigenvalue weighted by Gasteiger charge is 2.25. The first kappa shape index (κ1) is 43.2. The summed E-state index contributed by atoms with van der Waals surface area (Å²) in [6.07, 6.45) is -0.174. The Morgan fingerprint density at radius 2 is 1.85 bits per heavy atom. The number of benzene rings is 2. The lowest BCUT2D eigenvalue weighted by atomic mass is 9.98. The number of ether oxygens (including phenoxy) is 3. The first-order valence-electron chi connectivity index (χ1n) is 17.2. The minimum absolute atomic E-state index is 0.0684. The number of nitrogens with zero attached hydrogens (tertiary/aromatic N) is 5. The van der Waals surface area contributed by atoms with Gasteiger partial charge in [-0.15, -0.1) is 15.2 Å². The molecule has 4 aromatic rings. The van der Waals surface area contributed by atoms with Crippen molar-refractivity contribution in [3.8, 4) is 11.1 Å². The molecule has 0 spiro atoms. The zero-order chi connectivity index (χ0) is 40.7. The van der Waals surface area contributed by atoms with E-state index in [9.17, 15) is 29.6 Å². The van der Waals surface area contributed by atoms with Gasteiger partial charge in [0.25, 0.3) is 11.6 Å². The normalized spacial score (nSPS) is 11.9. The molecule has 19 nitrogen and oxygen atoms in total. The number of hydrogen-bond acceptors (Lipinski definition) is 16. The highest BCUT2D eigenvalue weighted by molar-refractivity contribution is 6.03. The van der Waals surface area contributed by atoms with Gasteiger partial charge in [-0.25, -0.2) is 20.4 Å². The van der Waals surface area contributed by atoms with Gasteiger partial charge in [0, 0.05) is 30.6 Å². The van der Waals surface area contributed by atoms with Gasteiger partial charge in [-0.05, 0) is 57.7 Å². The molecular formula is C36H47N7O12. The van der Waals surface area contributed by atoms with Gasteiger partial charge in [0.2, 0.25) is 6.23 Å². The van der Waals surface area contributed by atoms with Crippen LogP contribution in [0.2, 0.25) is 0 Å². The van der Waals surface area contributed by atoms with Gasteiger partial charge >= 0.3 is 12.0 Å². The van der Waals surface area contributed by atoms with Gasteiger partial charge < -0.3 is 43.3 Å². The molecule has 0 saturated heterocycles. The molecule has 4 rings (SSSR count). The van der Waals surface area contributed by atoms with Crippen LogP contribution in [-0.4, -0.2) is 62.8 Å². The number of aryl methyl sites for hydroxylation is 2. The van der Waals surface area contributed by atoms with E-state index in [2.05, 4.69) is 35.0 Å². The van der Waals surface area contributed by atoms with E-state index < -0.39 is 28.9 Å². The van der Waals surface area contributed by atoms with E-state index >= 15 is 0 Å². The molecule has 55 heavy (non-hydrogen) atoms. The minimum Gasteiger partial charge on any atom is -0.460 e. The number of carbonyl (C=O) groups is 2. The summed E-state index contributed by atoms with van der Waals surface area (Å²) < 4.78 is 25.4. The summed E-state index contributed by atoms with van der Waals surface area (Å²) in [5.74, 6) is 6.82.